The lowest BCUT2D eigenvalue weighted by Gasteiger charge is -2.58. The molecule has 40 heavy (non-hydrogen) atoms. The standard InChI is InChI=1S/C34H49N3O3/c1-4-9-26(3)34(28-12-6-5-7-13-28)18-16-33(17-19-34)15-14-30(32(39)37(33)23-27-10-8-11-27)25(2)20-31(38)36-22-29-21-35-24-40-29/h5-7,12-13,21,24-27,30H,4,8-11,14-20,22-23H2,1-3H3,(H,36,38). The summed E-state index contributed by atoms with van der Waals surface area (Å²) < 4.78 is 5.24. The summed E-state index contributed by atoms with van der Waals surface area (Å²) in [6.45, 7) is 8.08. The van der Waals surface area contributed by atoms with Gasteiger partial charge in [-0.25, -0.2) is 4.98 Å². The predicted molar refractivity (Wildman–Crippen MR) is 157 cm³/mol. The van der Waals surface area contributed by atoms with Gasteiger partial charge >= 0.3 is 0 Å². The van der Waals surface area contributed by atoms with Crippen molar-refractivity contribution in [1.29, 1.82) is 0 Å². The second-order valence-corrected chi connectivity index (χ2v) is 13.3. The lowest BCUT2D eigenvalue weighted by molar-refractivity contribution is -0.156. The van der Waals surface area contributed by atoms with Gasteiger partial charge < -0.3 is 14.6 Å². The molecule has 3 fully saturated rings. The van der Waals surface area contributed by atoms with Gasteiger partial charge in [-0.15, -0.1) is 0 Å². The Labute approximate surface area is 240 Å². The molecule has 2 heterocycles. The van der Waals surface area contributed by atoms with Crippen LogP contribution in [0, 0.1) is 23.7 Å². The highest BCUT2D eigenvalue weighted by Gasteiger charge is 2.53. The van der Waals surface area contributed by atoms with E-state index in [1.807, 2.05) is 0 Å². The van der Waals surface area contributed by atoms with Gasteiger partial charge in [0.15, 0.2) is 6.39 Å². The molecule has 1 spiro atoms. The Morgan fingerprint density at radius 2 is 1.85 bits per heavy atom. The number of nitrogens with one attached hydrogen (secondary N) is 1. The van der Waals surface area contributed by atoms with Crippen molar-refractivity contribution < 1.29 is 14.0 Å². The van der Waals surface area contributed by atoms with E-state index in [0.29, 0.717) is 36.5 Å². The maximum atomic E-state index is 14.3. The van der Waals surface area contributed by atoms with Gasteiger partial charge in [-0.2, -0.15) is 0 Å². The van der Waals surface area contributed by atoms with Crippen LogP contribution in [-0.4, -0.2) is 33.8 Å². The number of carbonyl (C=O) groups excluding carboxylic acids is 2. The molecular weight excluding hydrogens is 498 g/mol. The molecule has 6 heteroatoms. The van der Waals surface area contributed by atoms with Crippen LogP contribution in [0.5, 0.6) is 0 Å². The molecule has 2 amide bonds. The Balaban J connectivity index is 1.30. The van der Waals surface area contributed by atoms with Crippen LogP contribution in [0.2, 0.25) is 0 Å². The maximum Gasteiger partial charge on any atom is 0.226 e. The van der Waals surface area contributed by atoms with Crippen LogP contribution in [0.25, 0.3) is 0 Å². The highest BCUT2D eigenvalue weighted by atomic mass is 16.3. The van der Waals surface area contributed by atoms with Crippen molar-refractivity contribution in [3.8, 4) is 0 Å². The first kappa shape index (κ1) is 28.9. The van der Waals surface area contributed by atoms with E-state index in [0.717, 1.165) is 45.1 Å². The number of hydrogen-bond acceptors (Lipinski definition) is 4. The zero-order chi connectivity index (χ0) is 28.2. The van der Waals surface area contributed by atoms with E-state index in [2.05, 4.69) is 66.3 Å². The number of aromatic nitrogens is 1. The first-order valence-electron chi connectivity index (χ1n) is 15.9. The van der Waals surface area contributed by atoms with E-state index in [9.17, 15) is 9.59 Å². The van der Waals surface area contributed by atoms with Crippen molar-refractivity contribution in [3.63, 3.8) is 0 Å². The first-order valence-corrected chi connectivity index (χ1v) is 15.9. The summed E-state index contributed by atoms with van der Waals surface area (Å²) in [5.74, 6) is 2.11. The quantitative estimate of drug-likeness (QED) is 0.327. The van der Waals surface area contributed by atoms with E-state index >= 15 is 0 Å². The summed E-state index contributed by atoms with van der Waals surface area (Å²) in [4.78, 5) is 33.3. The molecule has 218 valence electrons. The summed E-state index contributed by atoms with van der Waals surface area (Å²) in [5.41, 5.74) is 1.66. The highest BCUT2D eigenvalue weighted by molar-refractivity contribution is 5.82. The maximum absolute atomic E-state index is 14.3. The molecule has 2 aromatic rings. The largest absolute Gasteiger partial charge is 0.447 e. The fourth-order valence-electron chi connectivity index (χ4n) is 8.11. The van der Waals surface area contributed by atoms with Crippen LogP contribution in [-0.2, 0) is 21.5 Å². The predicted octanol–water partition coefficient (Wildman–Crippen LogP) is 7.04. The second-order valence-electron chi connectivity index (χ2n) is 13.3. The molecule has 0 radical (unpaired) electrons. The molecule has 1 saturated heterocycles. The lowest BCUT2D eigenvalue weighted by Crippen LogP contribution is -2.62. The Hall–Kier alpha value is -2.63. The Morgan fingerprint density at radius 1 is 1.10 bits per heavy atom. The number of hydrogen-bond donors (Lipinski definition) is 1. The molecule has 1 N–H and O–H groups in total. The minimum absolute atomic E-state index is 0.0139. The van der Waals surface area contributed by atoms with Crippen LogP contribution in [0.4, 0.5) is 0 Å². The molecule has 6 nitrogen and oxygen atoms in total. The fourth-order valence-corrected chi connectivity index (χ4v) is 8.11. The van der Waals surface area contributed by atoms with Crippen molar-refractivity contribution in [1.82, 2.24) is 15.2 Å². The van der Waals surface area contributed by atoms with E-state index in [1.54, 1.807) is 6.20 Å². The SMILES string of the molecule is CCCC(C)C1(c2ccccc2)CCC2(CCC(C(C)CC(=O)NCc3cnco3)C(=O)N2CC2CCC2)CC1. The zero-order valence-corrected chi connectivity index (χ0v) is 24.9. The highest BCUT2D eigenvalue weighted by Crippen LogP contribution is 2.54. The molecule has 1 aromatic carbocycles. The van der Waals surface area contributed by atoms with Gasteiger partial charge in [-0.3, -0.25) is 9.59 Å². The van der Waals surface area contributed by atoms with Gasteiger partial charge in [0.2, 0.25) is 11.8 Å². The van der Waals surface area contributed by atoms with Crippen molar-refractivity contribution >= 4 is 11.8 Å². The smallest absolute Gasteiger partial charge is 0.226 e. The Bertz CT molecular complexity index is 1100. The van der Waals surface area contributed by atoms with E-state index in [1.165, 1.54) is 44.1 Å². The molecule has 2 aliphatic carbocycles. The van der Waals surface area contributed by atoms with Crippen molar-refractivity contribution in [3.05, 3.63) is 54.2 Å². The average Bonchev–Trinajstić information content (AvgIpc) is 3.46. The van der Waals surface area contributed by atoms with E-state index in [4.69, 9.17) is 4.42 Å². The number of nitrogens with zero attached hydrogens (tertiary/aromatic N) is 2. The zero-order valence-electron chi connectivity index (χ0n) is 24.9. The van der Waals surface area contributed by atoms with Crippen LogP contribution in [0.15, 0.2) is 47.3 Å². The Morgan fingerprint density at radius 3 is 2.48 bits per heavy atom. The number of oxazole rings is 1. The molecule has 3 atom stereocenters. The summed E-state index contributed by atoms with van der Waals surface area (Å²) in [6.07, 6.45) is 16.0. The number of likely N-dealkylation sites (tertiary alicyclic amines) is 1. The number of benzene rings is 1. The number of rotatable bonds is 11. The monoisotopic (exact) mass is 547 g/mol. The third-order valence-corrected chi connectivity index (χ3v) is 11.0. The van der Waals surface area contributed by atoms with Gasteiger partial charge in [-0.1, -0.05) is 70.4 Å². The number of amides is 2. The summed E-state index contributed by atoms with van der Waals surface area (Å²) in [7, 11) is 0. The van der Waals surface area contributed by atoms with Crippen LogP contribution >= 0.6 is 0 Å². The second kappa shape index (κ2) is 12.5. The summed E-state index contributed by atoms with van der Waals surface area (Å²) >= 11 is 0. The molecule has 1 aromatic heterocycles. The topological polar surface area (TPSA) is 75.4 Å². The van der Waals surface area contributed by atoms with E-state index in [-0.39, 0.29) is 28.7 Å². The molecular formula is C34H49N3O3. The normalized spacial score (nSPS) is 28.7. The van der Waals surface area contributed by atoms with Crippen molar-refractivity contribution in [2.45, 2.75) is 115 Å². The number of piperidine rings is 1. The summed E-state index contributed by atoms with van der Waals surface area (Å²) in [5, 5.41) is 2.94. The van der Waals surface area contributed by atoms with Gasteiger partial charge in [0.25, 0.3) is 0 Å². The molecule has 2 saturated carbocycles. The van der Waals surface area contributed by atoms with Crippen molar-refractivity contribution in [2.24, 2.45) is 23.7 Å². The minimum Gasteiger partial charge on any atom is -0.447 e. The third-order valence-electron chi connectivity index (χ3n) is 11.0. The van der Waals surface area contributed by atoms with Crippen LogP contribution in [0.1, 0.15) is 109 Å². The lowest BCUT2D eigenvalue weighted by atomic mass is 9.56. The molecule has 3 unspecified atom stereocenters. The average molecular weight is 548 g/mol. The molecule has 1 aliphatic heterocycles. The Kier molecular flexibility index (Phi) is 9.01. The van der Waals surface area contributed by atoms with Gasteiger partial charge in [0.1, 0.15) is 5.76 Å². The molecule has 0 bridgehead atoms. The summed E-state index contributed by atoms with van der Waals surface area (Å²) in [6, 6.07) is 11.2. The number of carbonyl (C=O) groups is 2. The van der Waals surface area contributed by atoms with Gasteiger partial charge in [0, 0.05) is 24.4 Å². The van der Waals surface area contributed by atoms with Gasteiger partial charge in [0.05, 0.1) is 12.7 Å². The first-order chi connectivity index (χ1) is 19.4. The molecule has 5 rings (SSSR count). The molecule has 3 aliphatic rings. The van der Waals surface area contributed by atoms with Crippen LogP contribution in [0.3, 0.4) is 0 Å². The van der Waals surface area contributed by atoms with Crippen molar-refractivity contribution in [2.75, 3.05) is 6.54 Å². The van der Waals surface area contributed by atoms with E-state index < -0.39 is 0 Å². The minimum atomic E-state index is -0.0819. The van der Waals surface area contributed by atoms with Gasteiger partial charge in [-0.05, 0) is 80.1 Å². The third kappa shape index (κ3) is 5.87. The van der Waals surface area contributed by atoms with Crippen LogP contribution < -0.4 is 5.32 Å². The fraction of sp³-hybridized carbons (Fsp3) is 0.676.